The number of imidazole rings is 1. The molecule has 0 bridgehead atoms. The Hall–Kier alpha value is -3.07. The predicted octanol–water partition coefficient (Wildman–Crippen LogP) is -2.29. The van der Waals surface area contributed by atoms with E-state index >= 15 is 0 Å². The van der Waals surface area contributed by atoms with Gasteiger partial charge in [0.2, 0.25) is 0 Å². The third-order valence-corrected chi connectivity index (χ3v) is 5.35. The Morgan fingerprint density at radius 1 is 1.29 bits per heavy atom. The van der Waals surface area contributed by atoms with E-state index in [0.29, 0.717) is 17.6 Å². The molecule has 170 valence electrons. The zero-order valence-corrected chi connectivity index (χ0v) is 16.6. The first kappa shape index (κ1) is 22.6. The summed E-state index contributed by atoms with van der Waals surface area (Å²) in [5, 5.41) is 40.2. The minimum atomic E-state index is -1.26. The molecule has 2 aromatic heterocycles. The molecular weight excluding hydrogens is 410 g/mol. The van der Waals surface area contributed by atoms with Gasteiger partial charge in [0.1, 0.15) is 30.1 Å². The van der Waals surface area contributed by atoms with Crippen LogP contribution in [0.15, 0.2) is 12.7 Å². The Bertz CT molecular complexity index is 938. The number of aliphatic hydroxyl groups excluding tert-OH is 2. The van der Waals surface area contributed by atoms with Crippen molar-refractivity contribution < 1.29 is 24.9 Å². The van der Waals surface area contributed by atoms with Crippen molar-refractivity contribution in [2.24, 2.45) is 17.4 Å². The Balaban J connectivity index is 1.73. The van der Waals surface area contributed by atoms with Crippen molar-refractivity contribution in [1.29, 1.82) is 5.41 Å². The van der Waals surface area contributed by atoms with Crippen LogP contribution in [-0.4, -0.2) is 77.7 Å². The number of anilines is 1. The summed E-state index contributed by atoms with van der Waals surface area (Å²) < 4.78 is 7.41. The summed E-state index contributed by atoms with van der Waals surface area (Å²) in [4.78, 5) is 23.1. The maximum atomic E-state index is 11.0. The molecule has 14 nitrogen and oxygen atoms in total. The van der Waals surface area contributed by atoms with Gasteiger partial charge in [0.25, 0.3) is 0 Å². The lowest BCUT2D eigenvalue weighted by Crippen LogP contribution is -2.38. The fourth-order valence-electron chi connectivity index (χ4n) is 3.63. The number of carboxylic acids is 1. The largest absolute Gasteiger partial charge is 0.480 e. The summed E-state index contributed by atoms with van der Waals surface area (Å²) in [5.41, 5.74) is 17.4. The molecule has 1 unspecified atom stereocenters. The standard InChI is InChI=1S/C17H27N9O5/c18-8(16(29)30)2-1-7(4-22-17(20)21)3-9-11(27)12(28)15(31-9)26-6-25-10-13(19)23-5-24-14(10)26/h5-9,11-12,15,27-28H,1-4,18H2,(H,29,30)(H2,19,23,24)(H4,20,21,22)/t7-,8-,9+,11?,12-,15+/m0/s1. The minimum absolute atomic E-state index is 0.179. The van der Waals surface area contributed by atoms with Gasteiger partial charge in [0.05, 0.1) is 12.4 Å². The second kappa shape index (κ2) is 9.38. The van der Waals surface area contributed by atoms with E-state index in [2.05, 4.69) is 20.3 Å². The van der Waals surface area contributed by atoms with Crippen LogP contribution in [0.4, 0.5) is 5.82 Å². The van der Waals surface area contributed by atoms with E-state index in [1.54, 1.807) is 0 Å². The maximum absolute atomic E-state index is 11.0. The molecule has 1 saturated heterocycles. The van der Waals surface area contributed by atoms with E-state index in [4.69, 9.17) is 32.5 Å². The van der Waals surface area contributed by atoms with Gasteiger partial charge >= 0.3 is 5.97 Å². The molecule has 11 N–H and O–H groups in total. The average molecular weight is 437 g/mol. The van der Waals surface area contributed by atoms with Crippen LogP contribution < -0.4 is 22.5 Å². The van der Waals surface area contributed by atoms with Crippen LogP contribution in [0.5, 0.6) is 0 Å². The average Bonchev–Trinajstić information content (AvgIpc) is 3.26. The van der Waals surface area contributed by atoms with Crippen molar-refractivity contribution in [3.05, 3.63) is 12.7 Å². The molecule has 0 aromatic carbocycles. The van der Waals surface area contributed by atoms with Crippen LogP contribution in [0, 0.1) is 11.3 Å². The molecule has 0 aliphatic carbocycles. The molecule has 3 heterocycles. The third-order valence-electron chi connectivity index (χ3n) is 5.35. The highest BCUT2D eigenvalue weighted by Crippen LogP contribution is 2.35. The molecule has 0 saturated carbocycles. The fraction of sp³-hybridized carbons (Fsp3) is 0.588. The first-order valence-corrected chi connectivity index (χ1v) is 9.70. The molecule has 3 rings (SSSR count). The number of rotatable bonds is 9. The summed E-state index contributed by atoms with van der Waals surface area (Å²) in [6.45, 7) is 0.257. The zero-order valence-electron chi connectivity index (χ0n) is 16.6. The summed E-state index contributed by atoms with van der Waals surface area (Å²) in [5.74, 6) is -1.39. The summed E-state index contributed by atoms with van der Waals surface area (Å²) in [7, 11) is 0. The summed E-state index contributed by atoms with van der Waals surface area (Å²) >= 11 is 0. The quantitative estimate of drug-likeness (QED) is 0.152. The van der Waals surface area contributed by atoms with Gasteiger partial charge in [-0.2, -0.15) is 0 Å². The molecule has 0 radical (unpaired) electrons. The Morgan fingerprint density at radius 3 is 2.71 bits per heavy atom. The molecule has 31 heavy (non-hydrogen) atoms. The van der Waals surface area contributed by atoms with E-state index in [-0.39, 0.29) is 37.1 Å². The normalized spacial score (nSPS) is 25.4. The number of ether oxygens (including phenoxy) is 1. The van der Waals surface area contributed by atoms with Crippen LogP contribution in [0.2, 0.25) is 0 Å². The van der Waals surface area contributed by atoms with Crippen LogP contribution in [0.1, 0.15) is 25.5 Å². The van der Waals surface area contributed by atoms with E-state index in [9.17, 15) is 15.0 Å². The highest BCUT2D eigenvalue weighted by molar-refractivity contribution is 5.81. The van der Waals surface area contributed by atoms with Gasteiger partial charge in [-0.15, -0.1) is 0 Å². The number of hydrogen-bond donors (Lipinski definition) is 8. The number of aliphatic carboxylic acids is 1. The second-order valence-corrected chi connectivity index (χ2v) is 7.55. The van der Waals surface area contributed by atoms with Gasteiger partial charge in [-0.3, -0.25) is 14.8 Å². The second-order valence-electron chi connectivity index (χ2n) is 7.55. The molecule has 14 heteroatoms. The number of nitrogens with zero attached hydrogens (tertiary/aromatic N) is 4. The lowest BCUT2D eigenvalue weighted by molar-refractivity contribution is -0.138. The molecule has 0 amide bonds. The van der Waals surface area contributed by atoms with Crippen molar-refractivity contribution >= 4 is 28.9 Å². The van der Waals surface area contributed by atoms with E-state index in [0.717, 1.165) is 0 Å². The van der Waals surface area contributed by atoms with Gasteiger partial charge < -0.3 is 42.6 Å². The monoisotopic (exact) mass is 437 g/mol. The van der Waals surface area contributed by atoms with Gasteiger partial charge in [0.15, 0.2) is 23.7 Å². The highest BCUT2D eigenvalue weighted by atomic mass is 16.6. The Kier molecular flexibility index (Phi) is 6.84. The van der Waals surface area contributed by atoms with Crippen LogP contribution >= 0.6 is 0 Å². The number of nitrogens with two attached hydrogens (primary N) is 3. The highest BCUT2D eigenvalue weighted by Gasteiger charge is 2.45. The van der Waals surface area contributed by atoms with Crippen molar-refractivity contribution in [3.8, 4) is 0 Å². The van der Waals surface area contributed by atoms with E-state index < -0.39 is 36.6 Å². The molecule has 2 aromatic rings. The zero-order chi connectivity index (χ0) is 22.7. The SMILES string of the molecule is N=C(N)NC[C@@H](CC[C@H](N)C(=O)O)C[C@H]1O[C@@H](n2cnc3c(N)ncnc32)[C@@H](O)C1O. The number of carboxylic acid groups (broad SMARTS) is 1. The first-order valence-electron chi connectivity index (χ1n) is 9.70. The molecule has 1 aliphatic rings. The fourth-order valence-corrected chi connectivity index (χ4v) is 3.63. The van der Waals surface area contributed by atoms with Gasteiger partial charge in [-0.05, 0) is 25.2 Å². The van der Waals surface area contributed by atoms with Gasteiger partial charge in [-0.25, -0.2) is 15.0 Å². The summed E-state index contributed by atoms with van der Waals surface area (Å²) in [6, 6.07) is -1.03. The Morgan fingerprint density at radius 2 is 2.03 bits per heavy atom. The molecule has 6 atom stereocenters. The number of fused-ring (bicyclic) bond motifs is 1. The lowest BCUT2D eigenvalue weighted by atomic mass is 9.92. The van der Waals surface area contributed by atoms with Crippen LogP contribution in [0.3, 0.4) is 0 Å². The number of nitrogens with one attached hydrogen (secondary N) is 2. The number of aliphatic hydroxyl groups is 2. The molecule has 1 fully saturated rings. The van der Waals surface area contributed by atoms with Crippen LogP contribution in [0.25, 0.3) is 11.2 Å². The topological polar surface area (TPSA) is 245 Å². The van der Waals surface area contributed by atoms with Crippen LogP contribution in [-0.2, 0) is 9.53 Å². The maximum Gasteiger partial charge on any atom is 0.320 e. The summed E-state index contributed by atoms with van der Waals surface area (Å²) in [6.07, 6.45) is -0.686. The number of carbonyl (C=O) groups is 1. The number of guanidine groups is 1. The molecule has 0 spiro atoms. The lowest BCUT2D eigenvalue weighted by Gasteiger charge is -2.23. The van der Waals surface area contributed by atoms with Gasteiger partial charge in [-0.1, -0.05) is 0 Å². The smallest absolute Gasteiger partial charge is 0.320 e. The van der Waals surface area contributed by atoms with Crippen molar-refractivity contribution in [2.45, 2.75) is 49.8 Å². The number of nitrogen functional groups attached to an aromatic ring is 1. The van der Waals surface area contributed by atoms with Crippen molar-refractivity contribution in [3.63, 3.8) is 0 Å². The van der Waals surface area contributed by atoms with Crippen molar-refractivity contribution in [1.82, 2.24) is 24.8 Å². The molecular formula is C17H27N9O5. The first-order chi connectivity index (χ1) is 14.7. The van der Waals surface area contributed by atoms with E-state index in [1.165, 1.54) is 17.2 Å². The Labute approximate surface area is 176 Å². The minimum Gasteiger partial charge on any atom is -0.480 e. The molecule has 1 aliphatic heterocycles. The third kappa shape index (κ3) is 4.99. The predicted molar refractivity (Wildman–Crippen MR) is 109 cm³/mol. The van der Waals surface area contributed by atoms with Crippen molar-refractivity contribution in [2.75, 3.05) is 12.3 Å². The van der Waals surface area contributed by atoms with E-state index in [1.807, 2.05) is 0 Å². The number of hydrogen-bond acceptors (Lipinski definition) is 10. The number of aromatic nitrogens is 4. The van der Waals surface area contributed by atoms with Gasteiger partial charge in [0, 0.05) is 6.54 Å².